The van der Waals surface area contributed by atoms with Crippen molar-refractivity contribution in [2.75, 3.05) is 0 Å². The van der Waals surface area contributed by atoms with E-state index in [1.807, 2.05) is 0 Å². The molecule has 0 aliphatic rings. The number of hydrogen-bond acceptors (Lipinski definition) is 2. The highest BCUT2D eigenvalue weighted by atomic mass is 35.7. The van der Waals surface area contributed by atoms with Gasteiger partial charge in [0, 0.05) is 21.9 Å². The average Bonchev–Trinajstić information content (AvgIpc) is 0.722. The largest absolute Gasteiger partial charge is 0.238 e. The summed E-state index contributed by atoms with van der Waals surface area (Å²) in [7, 11) is 1.79. The maximum absolute atomic E-state index is 9.55. The van der Waals surface area contributed by atoms with Crippen LogP contribution in [0.1, 0.15) is 0 Å². The fourth-order valence-electron chi connectivity index (χ4n) is 0. The maximum atomic E-state index is 9.55. The quantitative estimate of drug-likeness (QED) is 0.461. The van der Waals surface area contributed by atoms with Crippen LogP contribution in [0.4, 0.5) is 0 Å². The lowest BCUT2D eigenvalue weighted by Gasteiger charge is -1.71. The number of nitrogens with two attached hydrogens (primary N) is 1. The summed E-state index contributed by atoms with van der Waals surface area (Å²) in [6, 6.07) is 0. The van der Waals surface area contributed by atoms with E-state index in [9.17, 15) is 4.21 Å². The molecule has 0 aromatic rings. The second-order valence-corrected chi connectivity index (χ2v) is 4.84. The molecule has 0 radical (unpaired) electrons. The third-order valence-electron chi connectivity index (χ3n) is 0. The minimum atomic E-state index is -2.86. The summed E-state index contributed by atoms with van der Waals surface area (Å²) in [6.45, 7) is 0. The Balaban J connectivity index is 4.06. The molecule has 0 aliphatic carbocycles. The fourth-order valence-corrected chi connectivity index (χ4v) is 0. The predicted molar refractivity (Wildman–Crippen MR) is 25.5 cm³/mol. The molecular formula is H2ClNOS2. The van der Waals surface area contributed by atoms with Crippen LogP contribution in [-0.4, -0.2) is 4.21 Å². The summed E-state index contributed by atoms with van der Waals surface area (Å²) in [5, 5.41) is 4.46. The molecule has 0 aliphatic heterocycles. The van der Waals surface area contributed by atoms with Crippen molar-refractivity contribution in [3.63, 3.8) is 0 Å². The second-order valence-electron chi connectivity index (χ2n) is 0.476. The van der Waals surface area contributed by atoms with Gasteiger partial charge in [-0.3, -0.25) is 0 Å². The topological polar surface area (TPSA) is 43.1 Å². The van der Waals surface area contributed by atoms with Gasteiger partial charge in [-0.1, -0.05) is 0 Å². The van der Waals surface area contributed by atoms with E-state index in [2.05, 4.69) is 27.0 Å². The molecule has 0 saturated carbocycles. The average molecular weight is 132 g/mol. The Kier molecular flexibility index (Phi) is 1.55. The molecule has 2 N–H and O–H groups in total. The van der Waals surface area contributed by atoms with Gasteiger partial charge in [-0.25, -0.2) is 9.35 Å². The van der Waals surface area contributed by atoms with Crippen LogP contribution in [0, 0.1) is 0 Å². The molecule has 2 nitrogen and oxygen atoms in total. The monoisotopic (exact) mass is 131 g/mol. The van der Waals surface area contributed by atoms with Crippen LogP contribution in [-0.2, 0) is 19.1 Å². The first-order valence-electron chi connectivity index (χ1n) is 0.723. The molecule has 0 spiro atoms. The van der Waals surface area contributed by atoms with Gasteiger partial charge in [0.05, 0.1) is 0 Å². The molecule has 0 bridgehead atoms. The fraction of sp³-hybridized carbons (Fsp3) is 0. The molecular weight excluding hydrogens is 130 g/mol. The van der Waals surface area contributed by atoms with Crippen LogP contribution in [0.3, 0.4) is 0 Å². The Bertz CT molecular complexity index is 92.8. The third kappa shape index (κ3) is 82.5. The zero-order valence-electron chi connectivity index (χ0n) is 2.18. The molecule has 0 saturated heterocycles. The normalized spacial score (nSPS) is 21.2. The van der Waals surface area contributed by atoms with Gasteiger partial charge in [0.1, 0.15) is 0 Å². The molecule has 32 valence electrons. The van der Waals surface area contributed by atoms with Crippen molar-refractivity contribution in [1.29, 1.82) is 0 Å². The molecule has 0 rings (SSSR count). The van der Waals surface area contributed by atoms with Crippen LogP contribution in [0.2, 0.25) is 0 Å². The Morgan fingerprint density at radius 1 is 2.00 bits per heavy atom. The lowest BCUT2D eigenvalue weighted by atomic mass is 14.0. The van der Waals surface area contributed by atoms with Gasteiger partial charge in [0.2, 0.25) is 0 Å². The first kappa shape index (κ1) is 5.62. The van der Waals surface area contributed by atoms with E-state index >= 15 is 0 Å². The Hall–Kier alpha value is 0.620. The lowest BCUT2D eigenvalue weighted by molar-refractivity contribution is 0.691. The van der Waals surface area contributed by atoms with E-state index in [1.54, 1.807) is 0 Å². The summed E-state index contributed by atoms with van der Waals surface area (Å²) >= 11 is 3.90. The number of halogens is 1. The molecule has 1 atom stereocenters. The van der Waals surface area contributed by atoms with Crippen LogP contribution < -0.4 is 5.14 Å². The van der Waals surface area contributed by atoms with Crippen molar-refractivity contribution in [3.05, 3.63) is 0 Å². The smallest absolute Gasteiger partial charge is 0.171 e. The zero-order valence-corrected chi connectivity index (χ0v) is 4.57. The minimum absolute atomic E-state index is 2.86. The Morgan fingerprint density at radius 2 is 2.00 bits per heavy atom. The highest BCUT2D eigenvalue weighted by Gasteiger charge is 1.77. The van der Waals surface area contributed by atoms with Crippen LogP contribution in [0.15, 0.2) is 0 Å². The summed E-state index contributed by atoms with van der Waals surface area (Å²) < 4.78 is 9.55. The van der Waals surface area contributed by atoms with Gasteiger partial charge in [-0.15, -0.1) is 0 Å². The van der Waals surface area contributed by atoms with E-state index < -0.39 is 7.89 Å². The first-order valence-corrected chi connectivity index (χ1v) is 4.10. The third-order valence-corrected chi connectivity index (χ3v) is 0. The highest BCUT2D eigenvalue weighted by Crippen LogP contribution is 1.79. The SMILES string of the molecule is NS(=O)(=S)Cl. The number of hydrogen-bond donors (Lipinski definition) is 1. The van der Waals surface area contributed by atoms with Gasteiger partial charge < -0.3 is 0 Å². The lowest BCUT2D eigenvalue weighted by Crippen LogP contribution is -1.98. The van der Waals surface area contributed by atoms with E-state index in [1.165, 1.54) is 0 Å². The summed E-state index contributed by atoms with van der Waals surface area (Å²) in [5.41, 5.74) is 0. The van der Waals surface area contributed by atoms with Crippen molar-refractivity contribution in [1.82, 2.24) is 0 Å². The zero-order chi connectivity index (χ0) is 4.50. The number of rotatable bonds is 0. The van der Waals surface area contributed by atoms with E-state index in [0.29, 0.717) is 0 Å². The van der Waals surface area contributed by atoms with Crippen LogP contribution in [0.25, 0.3) is 0 Å². The summed E-state index contributed by atoms with van der Waals surface area (Å²) in [5.74, 6) is 0. The Labute approximate surface area is 39.6 Å². The first-order chi connectivity index (χ1) is 2.00. The van der Waals surface area contributed by atoms with Crippen LogP contribution >= 0.6 is 10.7 Å². The summed E-state index contributed by atoms with van der Waals surface area (Å²) in [6.07, 6.45) is 0. The minimum Gasteiger partial charge on any atom is -0.238 e. The van der Waals surface area contributed by atoms with Crippen molar-refractivity contribution in [2.45, 2.75) is 0 Å². The molecule has 0 heterocycles. The van der Waals surface area contributed by atoms with E-state index in [-0.39, 0.29) is 0 Å². The van der Waals surface area contributed by atoms with Gasteiger partial charge in [-0.05, 0) is 0 Å². The van der Waals surface area contributed by atoms with Crippen LogP contribution in [0.5, 0.6) is 0 Å². The van der Waals surface area contributed by atoms with Gasteiger partial charge in [-0.2, -0.15) is 0 Å². The standard InChI is InChI=1S/ClH2NOS2/c1-5(2,3)4/h(H2,2,3,4). The highest BCUT2D eigenvalue weighted by molar-refractivity contribution is 8.44. The molecule has 0 aromatic heterocycles. The summed E-state index contributed by atoms with van der Waals surface area (Å²) in [4.78, 5) is 0. The van der Waals surface area contributed by atoms with Crippen molar-refractivity contribution in [2.24, 2.45) is 5.14 Å². The van der Waals surface area contributed by atoms with Gasteiger partial charge in [0.15, 0.2) is 7.89 Å². The Morgan fingerprint density at radius 3 is 2.00 bits per heavy atom. The van der Waals surface area contributed by atoms with E-state index in [4.69, 9.17) is 0 Å². The molecule has 0 aromatic carbocycles. The maximum Gasteiger partial charge on any atom is 0.171 e. The van der Waals surface area contributed by atoms with E-state index in [0.717, 1.165) is 0 Å². The second kappa shape index (κ2) is 1.38. The van der Waals surface area contributed by atoms with Gasteiger partial charge >= 0.3 is 0 Å². The molecule has 0 fully saturated rings. The van der Waals surface area contributed by atoms with Crippen molar-refractivity contribution >= 4 is 29.8 Å². The predicted octanol–water partition coefficient (Wildman–Crippen LogP) is -0.240. The molecule has 5 heteroatoms. The molecule has 5 heavy (non-hydrogen) atoms. The van der Waals surface area contributed by atoms with Crippen molar-refractivity contribution < 1.29 is 4.21 Å². The molecule has 1 unspecified atom stereocenters. The van der Waals surface area contributed by atoms with Crippen molar-refractivity contribution in [3.8, 4) is 0 Å². The van der Waals surface area contributed by atoms with Gasteiger partial charge in [0.25, 0.3) is 0 Å². The molecule has 0 amide bonds.